The lowest BCUT2D eigenvalue weighted by Gasteiger charge is -2.24. The van der Waals surface area contributed by atoms with Gasteiger partial charge in [-0.25, -0.2) is 0 Å². The van der Waals surface area contributed by atoms with E-state index >= 15 is 0 Å². The quantitative estimate of drug-likeness (QED) is 0.741. The molecular formula is C9H18BrNO2. The molecule has 0 heterocycles. The van der Waals surface area contributed by atoms with Crippen molar-refractivity contribution in [1.29, 1.82) is 0 Å². The van der Waals surface area contributed by atoms with Crippen LogP contribution >= 0.6 is 15.9 Å². The van der Waals surface area contributed by atoms with E-state index in [0.717, 1.165) is 0 Å². The van der Waals surface area contributed by atoms with Gasteiger partial charge in [0.15, 0.2) is 0 Å². The molecule has 0 saturated carbocycles. The van der Waals surface area contributed by atoms with Gasteiger partial charge in [0.05, 0.1) is 17.0 Å². The maximum absolute atomic E-state index is 11.5. The summed E-state index contributed by atoms with van der Waals surface area (Å²) in [7, 11) is 0. The first-order chi connectivity index (χ1) is 5.79. The Morgan fingerprint density at radius 1 is 1.54 bits per heavy atom. The van der Waals surface area contributed by atoms with Crippen LogP contribution in [0.5, 0.6) is 0 Å². The number of aliphatic hydroxyl groups is 1. The first-order valence-corrected chi connectivity index (χ1v) is 5.19. The Morgan fingerprint density at radius 3 is 2.23 bits per heavy atom. The van der Waals surface area contributed by atoms with Crippen LogP contribution in [0.2, 0.25) is 0 Å². The fourth-order valence-electron chi connectivity index (χ4n) is 0.763. The van der Waals surface area contributed by atoms with Crippen molar-refractivity contribution in [3.63, 3.8) is 0 Å². The van der Waals surface area contributed by atoms with Gasteiger partial charge >= 0.3 is 0 Å². The molecule has 3 nitrogen and oxygen atoms in total. The highest BCUT2D eigenvalue weighted by atomic mass is 79.9. The SMILES string of the molecule is CC(C)[C@@H](CO)NC(=O)C(C)(C)Br. The molecule has 0 fully saturated rings. The number of halogens is 1. The van der Waals surface area contributed by atoms with Gasteiger partial charge in [0.1, 0.15) is 0 Å². The zero-order valence-corrected chi connectivity index (χ0v) is 10.2. The summed E-state index contributed by atoms with van der Waals surface area (Å²) in [5.41, 5.74) is 0. The van der Waals surface area contributed by atoms with Crippen molar-refractivity contribution in [2.45, 2.75) is 38.1 Å². The van der Waals surface area contributed by atoms with Crippen LogP contribution in [-0.2, 0) is 4.79 Å². The van der Waals surface area contributed by atoms with Gasteiger partial charge in [0, 0.05) is 0 Å². The highest BCUT2D eigenvalue weighted by Crippen LogP contribution is 2.16. The van der Waals surface area contributed by atoms with Crippen LogP contribution < -0.4 is 5.32 Å². The van der Waals surface area contributed by atoms with Gasteiger partial charge in [-0.1, -0.05) is 29.8 Å². The van der Waals surface area contributed by atoms with Crippen LogP contribution in [0, 0.1) is 5.92 Å². The minimum absolute atomic E-state index is 0.0213. The van der Waals surface area contributed by atoms with E-state index in [2.05, 4.69) is 21.2 Å². The Labute approximate surface area is 88.0 Å². The van der Waals surface area contributed by atoms with Gasteiger partial charge in [-0.05, 0) is 19.8 Å². The molecule has 1 amide bonds. The molecule has 1 atom stereocenters. The smallest absolute Gasteiger partial charge is 0.236 e. The predicted octanol–water partition coefficient (Wildman–Crippen LogP) is 1.29. The maximum Gasteiger partial charge on any atom is 0.236 e. The Hall–Kier alpha value is -0.0900. The minimum atomic E-state index is -0.574. The average molecular weight is 252 g/mol. The molecule has 0 rings (SSSR count). The molecule has 0 aliphatic rings. The third-order valence-corrected chi connectivity index (χ3v) is 2.22. The molecule has 13 heavy (non-hydrogen) atoms. The Kier molecular flexibility index (Phi) is 4.92. The molecule has 0 aliphatic heterocycles. The monoisotopic (exact) mass is 251 g/mol. The van der Waals surface area contributed by atoms with Crippen molar-refractivity contribution < 1.29 is 9.90 Å². The number of hydrogen-bond acceptors (Lipinski definition) is 2. The molecule has 0 saturated heterocycles. The number of amides is 1. The van der Waals surface area contributed by atoms with E-state index in [1.807, 2.05) is 13.8 Å². The van der Waals surface area contributed by atoms with E-state index in [1.54, 1.807) is 13.8 Å². The largest absolute Gasteiger partial charge is 0.394 e. The van der Waals surface area contributed by atoms with Gasteiger partial charge in [-0.15, -0.1) is 0 Å². The second-order valence-electron chi connectivity index (χ2n) is 3.98. The molecule has 0 aromatic rings. The lowest BCUT2D eigenvalue weighted by molar-refractivity contribution is -0.123. The normalized spacial score (nSPS) is 14.4. The molecule has 0 aliphatic carbocycles. The summed E-state index contributed by atoms with van der Waals surface area (Å²) in [6.45, 7) is 7.45. The summed E-state index contributed by atoms with van der Waals surface area (Å²) in [5.74, 6) is 0.143. The van der Waals surface area contributed by atoms with Crippen LogP contribution in [-0.4, -0.2) is 28.0 Å². The van der Waals surface area contributed by atoms with Crippen molar-refractivity contribution in [3.8, 4) is 0 Å². The summed E-state index contributed by atoms with van der Waals surface area (Å²) in [6, 6.07) is -0.163. The molecular weight excluding hydrogens is 234 g/mol. The summed E-state index contributed by atoms with van der Waals surface area (Å²) in [5, 5.41) is 11.8. The van der Waals surface area contributed by atoms with Crippen molar-refractivity contribution in [1.82, 2.24) is 5.32 Å². The zero-order chi connectivity index (χ0) is 10.6. The van der Waals surface area contributed by atoms with Crippen molar-refractivity contribution >= 4 is 21.8 Å². The average Bonchev–Trinajstić information content (AvgIpc) is 1.96. The van der Waals surface area contributed by atoms with E-state index in [9.17, 15) is 4.79 Å². The summed E-state index contributed by atoms with van der Waals surface area (Å²) in [4.78, 5) is 11.5. The minimum Gasteiger partial charge on any atom is -0.394 e. The third-order valence-electron chi connectivity index (χ3n) is 1.86. The molecule has 78 valence electrons. The highest BCUT2D eigenvalue weighted by molar-refractivity contribution is 9.10. The van der Waals surface area contributed by atoms with E-state index in [1.165, 1.54) is 0 Å². The molecule has 4 heteroatoms. The number of carbonyl (C=O) groups is 1. The second-order valence-corrected chi connectivity index (χ2v) is 5.96. The first kappa shape index (κ1) is 12.9. The molecule has 0 unspecified atom stereocenters. The summed E-state index contributed by atoms with van der Waals surface area (Å²) >= 11 is 3.26. The molecule has 0 aromatic heterocycles. The highest BCUT2D eigenvalue weighted by Gasteiger charge is 2.26. The standard InChI is InChI=1S/C9H18BrNO2/c1-6(2)7(5-12)11-8(13)9(3,4)10/h6-7,12H,5H2,1-4H3,(H,11,13)/t7-/m1/s1. The van der Waals surface area contributed by atoms with Crippen LogP contribution in [0.25, 0.3) is 0 Å². The first-order valence-electron chi connectivity index (χ1n) is 4.39. The van der Waals surface area contributed by atoms with Gasteiger partial charge in [-0.2, -0.15) is 0 Å². The number of aliphatic hydroxyl groups excluding tert-OH is 1. The fourth-order valence-corrected chi connectivity index (χ4v) is 0.878. The maximum atomic E-state index is 11.5. The van der Waals surface area contributed by atoms with Crippen molar-refractivity contribution in [3.05, 3.63) is 0 Å². The van der Waals surface area contributed by atoms with E-state index in [4.69, 9.17) is 5.11 Å². The Bertz CT molecular complexity index is 175. The van der Waals surface area contributed by atoms with Gasteiger partial charge < -0.3 is 10.4 Å². The fraction of sp³-hybridized carbons (Fsp3) is 0.889. The Balaban J connectivity index is 4.18. The van der Waals surface area contributed by atoms with Gasteiger partial charge in [-0.3, -0.25) is 4.79 Å². The topological polar surface area (TPSA) is 49.3 Å². The molecule has 0 bridgehead atoms. The summed E-state index contributed by atoms with van der Waals surface area (Å²) < 4.78 is -0.574. The molecule has 0 spiro atoms. The molecule has 0 radical (unpaired) electrons. The lowest BCUT2D eigenvalue weighted by Crippen LogP contribution is -2.47. The van der Waals surface area contributed by atoms with Crippen LogP contribution in [0.3, 0.4) is 0 Å². The lowest BCUT2D eigenvalue weighted by atomic mass is 10.0. The van der Waals surface area contributed by atoms with E-state index < -0.39 is 4.32 Å². The van der Waals surface area contributed by atoms with E-state index in [-0.39, 0.29) is 24.5 Å². The van der Waals surface area contributed by atoms with Crippen LogP contribution in [0.4, 0.5) is 0 Å². The number of rotatable bonds is 4. The molecule has 2 N–H and O–H groups in total. The van der Waals surface area contributed by atoms with Gasteiger partial charge in [0.2, 0.25) is 5.91 Å². The third kappa shape index (κ3) is 4.62. The zero-order valence-electron chi connectivity index (χ0n) is 8.60. The van der Waals surface area contributed by atoms with Crippen LogP contribution in [0.1, 0.15) is 27.7 Å². The summed E-state index contributed by atoms with van der Waals surface area (Å²) in [6.07, 6.45) is 0. The number of nitrogens with one attached hydrogen (secondary N) is 1. The van der Waals surface area contributed by atoms with Crippen LogP contribution in [0.15, 0.2) is 0 Å². The predicted molar refractivity (Wildman–Crippen MR) is 56.9 cm³/mol. The Morgan fingerprint density at radius 2 is 2.00 bits per heavy atom. The van der Waals surface area contributed by atoms with E-state index in [0.29, 0.717) is 0 Å². The van der Waals surface area contributed by atoms with Gasteiger partial charge in [0.25, 0.3) is 0 Å². The molecule has 0 aromatic carbocycles. The second kappa shape index (κ2) is 4.96. The number of hydrogen-bond donors (Lipinski definition) is 2. The number of carbonyl (C=O) groups excluding carboxylic acids is 1. The van der Waals surface area contributed by atoms with Crippen molar-refractivity contribution in [2.24, 2.45) is 5.92 Å². The number of alkyl halides is 1. The van der Waals surface area contributed by atoms with Crippen molar-refractivity contribution in [2.75, 3.05) is 6.61 Å².